The van der Waals surface area contributed by atoms with E-state index in [1.54, 1.807) is 30.6 Å². The molecule has 19 heavy (non-hydrogen) atoms. The van der Waals surface area contributed by atoms with Crippen molar-refractivity contribution in [1.29, 1.82) is 0 Å². The number of thiophene rings is 1. The lowest BCUT2D eigenvalue weighted by Gasteiger charge is -2.16. The van der Waals surface area contributed by atoms with E-state index in [9.17, 15) is 13.2 Å². The zero-order chi connectivity index (χ0) is 14.0. The molecular weight excluding hydrogens is 282 g/mol. The minimum absolute atomic E-state index is 0.117. The molecule has 0 bridgehead atoms. The summed E-state index contributed by atoms with van der Waals surface area (Å²) < 4.78 is 22.7. The number of benzene rings is 1. The number of anilines is 1. The largest absolute Gasteiger partial charge is 0.311 e. The molecule has 0 saturated carbocycles. The standard InChI is InChI=1S/C13H13NO3S2/c1-14(13(15)10-7-8-18-9-10)11-3-5-12(6-4-11)19(2,16)17/h3-9H,1-2H3. The highest BCUT2D eigenvalue weighted by molar-refractivity contribution is 7.90. The monoisotopic (exact) mass is 295 g/mol. The van der Waals surface area contributed by atoms with Crippen LogP contribution in [0.4, 0.5) is 5.69 Å². The third-order valence-electron chi connectivity index (χ3n) is 2.72. The molecule has 100 valence electrons. The highest BCUT2D eigenvalue weighted by Crippen LogP contribution is 2.19. The van der Waals surface area contributed by atoms with E-state index in [1.807, 2.05) is 5.38 Å². The fraction of sp³-hybridized carbons (Fsp3) is 0.154. The first-order valence-electron chi connectivity index (χ1n) is 5.50. The molecule has 1 aromatic carbocycles. The van der Waals surface area contributed by atoms with Crippen molar-refractivity contribution < 1.29 is 13.2 Å². The summed E-state index contributed by atoms with van der Waals surface area (Å²) in [6, 6.07) is 8.01. The van der Waals surface area contributed by atoms with Crippen LogP contribution in [0, 0.1) is 0 Å². The maximum atomic E-state index is 12.1. The zero-order valence-electron chi connectivity index (χ0n) is 10.5. The van der Waals surface area contributed by atoms with Gasteiger partial charge in [-0.1, -0.05) is 0 Å². The van der Waals surface area contributed by atoms with Crippen molar-refractivity contribution in [3.8, 4) is 0 Å². The summed E-state index contributed by atoms with van der Waals surface area (Å²) in [7, 11) is -1.55. The van der Waals surface area contributed by atoms with Gasteiger partial charge in [0.2, 0.25) is 0 Å². The van der Waals surface area contributed by atoms with Crippen LogP contribution in [0.25, 0.3) is 0 Å². The van der Waals surface area contributed by atoms with Crippen molar-refractivity contribution >= 4 is 32.8 Å². The summed E-state index contributed by atoms with van der Waals surface area (Å²) in [4.78, 5) is 13.8. The van der Waals surface area contributed by atoms with Crippen LogP contribution in [0.1, 0.15) is 10.4 Å². The molecule has 4 nitrogen and oxygen atoms in total. The molecule has 2 aromatic rings. The lowest BCUT2D eigenvalue weighted by atomic mass is 10.2. The van der Waals surface area contributed by atoms with E-state index in [4.69, 9.17) is 0 Å². The molecule has 0 aliphatic carbocycles. The number of sulfone groups is 1. The molecule has 0 aliphatic rings. The van der Waals surface area contributed by atoms with Gasteiger partial charge in [-0.25, -0.2) is 8.42 Å². The van der Waals surface area contributed by atoms with E-state index in [0.717, 1.165) is 6.26 Å². The van der Waals surface area contributed by atoms with E-state index >= 15 is 0 Å². The quantitative estimate of drug-likeness (QED) is 0.874. The van der Waals surface area contributed by atoms with Crippen LogP contribution in [-0.2, 0) is 9.84 Å². The molecule has 0 fully saturated rings. The van der Waals surface area contributed by atoms with Gasteiger partial charge in [0.05, 0.1) is 10.5 Å². The molecular formula is C13H13NO3S2. The van der Waals surface area contributed by atoms with E-state index in [1.165, 1.54) is 28.4 Å². The molecule has 1 heterocycles. The van der Waals surface area contributed by atoms with Gasteiger partial charge in [0.15, 0.2) is 9.84 Å². The second-order valence-electron chi connectivity index (χ2n) is 4.14. The summed E-state index contributed by atoms with van der Waals surface area (Å²) in [5, 5.41) is 3.62. The van der Waals surface area contributed by atoms with Crippen molar-refractivity contribution in [2.24, 2.45) is 0 Å². The summed E-state index contributed by atoms with van der Waals surface area (Å²) >= 11 is 1.46. The Kier molecular flexibility index (Phi) is 3.73. The van der Waals surface area contributed by atoms with Crippen LogP contribution in [0.3, 0.4) is 0 Å². The van der Waals surface area contributed by atoms with Crippen LogP contribution in [-0.4, -0.2) is 27.6 Å². The Bertz CT molecular complexity index is 673. The molecule has 0 saturated heterocycles. The highest BCUT2D eigenvalue weighted by atomic mass is 32.2. The Morgan fingerprint density at radius 1 is 1.16 bits per heavy atom. The van der Waals surface area contributed by atoms with Gasteiger partial charge in [-0.15, -0.1) is 0 Å². The maximum Gasteiger partial charge on any atom is 0.258 e. The first-order chi connectivity index (χ1) is 8.89. The number of amides is 1. The summed E-state index contributed by atoms with van der Waals surface area (Å²) in [6.45, 7) is 0. The number of carbonyl (C=O) groups is 1. The lowest BCUT2D eigenvalue weighted by Crippen LogP contribution is -2.25. The number of carbonyl (C=O) groups excluding carboxylic acids is 1. The minimum Gasteiger partial charge on any atom is -0.311 e. The molecule has 0 aliphatic heterocycles. The van der Waals surface area contributed by atoms with Crippen LogP contribution >= 0.6 is 11.3 Å². The normalized spacial score (nSPS) is 11.3. The molecule has 0 N–H and O–H groups in total. The number of nitrogens with zero attached hydrogens (tertiary/aromatic N) is 1. The Morgan fingerprint density at radius 3 is 2.26 bits per heavy atom. The van der Waals surface area contributed by atoms with Gasteiger partial charge >= 0.3 is 0 Å². The van der Waals surface area contributed by atoms with E-state index < -0.39 is 9.84 Å². The lowest BCUT2D eigenvalue weighted by molar-refractivity contribution is 0.0993. The van der Waals surface area contributed by atoms with E-state index in [0.29, 0.717) is 11.3 Å². The van der Waals surface area contributed by atoms with Crippen molar-refractivity contribution in [2.75, 3.05) is 18.2 Å². The summed E-state index contributed by atoms with van der Waals surface area (Å²) in [5.41, 5.74) is 1.28. The van der Waals surface area contributed by atoms with Crippen molar-refractivity contribution in [3.05, 3.63) is 46.7 Å². The van der Waals surface area contributed by atoms with Gasteiger partial charge in [0.25, 0.3) is 5.91 Å². The third kappa shape index (κ3) is 3.02. The predicted octanol–water partition coefficient (Wildman–Crippen LogP) is 2.43. The SMILES string of the molecule is CN(C(=O)c1ccsc1)c1ccc(S(C)(=O)=O)cc1. The molecule has 0 spiro atoms. The molecule has 0 unspecified atom stereocenters. The Balaban J connectivity index is 2.25. The van der Waals surface area contributed by atoms with Crippen molar-refractivity contribution in [1.82, 2.24) is 0 Å². The minimum atomic E-state index is -3.21. The number of hydrogen-bond donors (Lipinski definition) is 0. The molecule has 2 rings (SSSR count). The van der Waals surface area contributed by atoms with Gasteiger partial charge in [0.1, 0.15) is 0 Å². The van der Waals surface area contributed by atoms with Crippen molar-refractivity contribution in [3.63, 3.8) is 0 Å². The van der Waals surface area contributed by atoms with Gasteiger partial charge in [0, 0.05) is 24.4 Å². The zero-order valence-corrected chi connectivity index (χ0v) is 12.2. The second kappa shape index (κ2) is 5.14. The fourth-order valence-corrected chi connectivity index (χ4v) is 2.87. The van der Waals surface area contributed by atoms with Crippen LogP contribution in [0.2, 0.25) is 0 Å². The van der Waals surface area contributed by atoms with Gasteiger partial charge < -0.3 is 4.90 Å². The second-order valence-corrected chi connectivity index (χ2v) is 6.94. The number of rotatable bonds is 3. The van der Waals surface area contributed by atoms with Crippen molar-refractivity contribution in [2.45, 2.75) is 4.90 Å². The van der Waals surface area contributed by atoms with Gasteiger partial charge in [-0.2, -0.15) is 11.3 Å². The summed E-state index contributed by atoms with van der Waals surface area (Å²) in [5.74, 6) is -0.117. The van der Waals surface area contributed by atoms with E-state index in [-0.39, 0.29) is 10.8 Å². The maximum absolute atomic E-state index is 12.1. The van der Waals surface area contributed by atoms with Crippen LogP contribution in [0.15, 0.2) is 46.0 Å². The molecule has 6 heteroatoms. The van der Waals surface area contributed by atoms with E-state index in [2.05, 4.69) is 0 Å². The Hall–Kier alpha value is -1.66. The van der Waals surface area contributed by atoms with Crippen LogP contribution < -0.4 is 4.90 Å². The predicted molar refractivity (Wildman–Crippen MR) is 76.6 cm³/mol. The molecule has 0 atom stereocenters. The van der Waals surface area contributed by atoms with Gasteiger partial charge in [-0.05, 0) is 35.7 Å². The first kappa shape index (κ1) is 13.8. The summed E-state index contributed by atoms with van der Waals surface area (Å²) in [6.07, 6.45) is 1.15. The molecule has 1 aromatic heterocycles. The molecule has 1 amide bonds. The average Bonchev–Trinajstić information content (AvgIpc) is 2.90. The first-order valence-corrected chi connectivity index (χ1v) is 8.33. The highest BCUT2D eigenvalue weighted by Gasteiger charge is 2.14. The smallest absolute Gasteiger partial charge is 0.258 e. The average molecular weight is 295 g/mol. The fourth-order valence-electron chi connectivity index (χ4n) is 1.61. The van der Waals surface area contributed by atoms with Crippen LogP contribution in [0.5, 0.6) is 0 Å². The third-order valence-corrected chi connectivity index (χ3v) is 4.54. The molecule has 0 radical (unpaired) electrons. The Morgan fingerprint density at radius 2 is 1.79 bits per heavy atom. The Labute approximate surface area is 116 Å². The number of hydrogen-bond acceptors (Lipinski definition) is 4. The van der Waals surface area contributed by atoms with Gasteiger partial charge in [-0.3, -0.25) is 4.79 Å². The topological polar surface area (TPSA) is 54.5 Å².